The van der Waals surface area contributed by atoms with Gasteiger partial charge in [-0.05, 0) is 37.0 Å². The van der Waals surface area contributed by atoms with Crippen molar-refractivity contribution in [1.82, 2.24) is 0 Å². The van der Waals surface area contributed by atoms with Crippen LogP contribution in [0, 0.1) is 17.8 Å². The second-order valence-corrected chi connectivity index (χ2v) is 5.23. The van der Waals surface area contributed by atoms with Crippen LogP contribution in [0.1, 0.15) is 26.2 Å². The van der Waals surface area contributed by atoms with E-state index in [2.05, 4.69) is 6.92 Å². The van der Waals surface area contributed by atoms with Gasteiger partial charge >= 0.3 is 0 Å². The zero-order valence-corrected chi connectivity index (χ0v) is 7.98. The molecule has 0 aromatic carbocycles. The molecule has 1 heterocycles. The second kappa shape index (κ2) is 3.01. The number of fused-ring (bicyclic) bond motifs is 2. The molecule has 0 aromatic heterocycles. The van der Waals surface area contributed by atoms with Crippen molar-refractivity contribution in [3.8, 4) is 0 Å². The van der Waals surface area contributed by atoms with Crippen LogP contribution in [0.3, 0.4) is 0 Å². The molecule has 2 unspecified atom stereocenters. The molecule has 0 aromatic rings. The van der Waals surface area contributed by atoms with Gasteiger partial charge in [0.2, 0.25) is 0 Å². The first-order valence-corrected chi connectivity index (χ1v) is 5.31. The molecule has 0 nitrogen and oxygen atoms in total. The standard InChI is InChI=1S/C9H16BCl/c1-7-2-8-4-9(3-7)6-10(11)5-8/h7-9H,2-6H2,1H3. The van der Waals surface area contributed by atoms with Gasteiger partial charge in [-0.1, -0.05) is 19.6 Å². The summed E-state index contributed by atoms with van der Waals surface area (Å²) >= 11 is 6.17. The minimum atomic E-state index is 0.506. The molecule has 2 atom stereocenters. The molecular weight excluding hydrogens is 154 g/mol. The molecule has 0 N–H and O–H groups in total. The monoisotopic (exact) mass is 170 g/mol. The van der Waals surface area contributed by atoms with Gasteiger partial charge < -0.3 is 0 Å². The highest BCUT2D eigenvalue weighted by molar-refractivity contribution is 7.07. The van der Waals surface area contributed by atoms with E-state index in [1.807, 2.05) is 0 Å². The average Bonchev–Trinajstić information content (AvgIpc) is 1.82. The van der Waals surface area contributed by atoms with E-state index in [9.17, 15) is 0 Å². The molecule has 11 heavy (non-hydrogen) atoms. The van der Waals surface area contributed by atoms with Crippen molar-refractivity contribution < 1.29 is 0 Å². The van der Waals surface area contributed by atoms with E-state index in [0.29, 0.717) is 6.13 Å². The molecule has 0 amide bonds. The Kier molecular flexibility index (Phi) is 2.18. The number of rotatable bonds is 0. The molecule has 2 fully saturated rings. The van der Waals surface area contributed by atoms with Gasteiger partial charge in [0.25, 0.3) is 6.13 Å². The summed E-state index contributed by atoms with van der Waals surface area (Å²) in [5.74, 6) is 2.92. The number of hydrogen-bond acceptors (Lipinski definition) is 0. The summed E-state index contributed by atoms with van der Waals surface area (Å²) in [5, 5.41) is 0. The molecule has 1 aliphatic heterocycles. The number of hydrogen-bond donors (Lipinski definition) is 0. The lowest BCUT2D eigenvalue weighted by Crippen LogP contribution is -2.31. The predicted molar refractivity (Wildman–Crippen MR) is 51.2 cm³/mol. The number of halogens is 1. The van der Waals surface area contributed by atoms with Crippen molar-refractivity contribution in [3.63, 3.8) is 0 Å². The van der Waals surface area contributed by atoms with Crippen LogP contribution in [-0.2, 0) is 0 Å². The third-order valence-electron chi connectivity index (χ3n) is 3.32. The fourth-order valence-corrected chi connectivity index (χ4v) is 3.61. The van der Waals surface area contributed by atoms with E-state index in [4.69, 9.17) is 11.5 Å². The lowest BCUT2D eigenvalue weighted by Gasteiger charge is -2.38. The molecule has 0 radical (unpaired) electrons. The largest absolute Gasteiger partial charge is 0.251 e. The maximum atomic E-state index is 6.17. The van der Waals surface area contributed by atoms with Crippen molar-refractivity contribution in [3.05, 3.63) is 0 Å². The third-order valence-corrected chi connectivity index (χ3v) is 3.67. The normalized spacial score (nSPS) is 44.2. The zero-order chi connectivity index (χ0) is 7.84. The summed E-state index contributed by atoms with van der Waals surface area (Å²) < 4.78 is 0. The lowest BCUT2D eigenvalue weighted by atomic mass is 9.50. The molecule has 1 aliphatic carbocycles. The van der Waals surface area contributed by atoms with Gasteiger partial charge in [-0.15, -0.1) is 0 Å². The molecular formula is C9H16BCl. The first-order valence-electron chi connectivity index (χ1n) is 4.88. The van der Waals surface area contributed by atoms with Crippen LogP contribution >= 0.6 is 11.5 Å². The maximum absolute atomic E-state index is 6.17. The van der Waals surface area contributed by atoms with Crippen LogP contribution in [0.5, 0.6) is 0 Å². The van der Waals surface area contributed by atoms with Gasteiger partial charge in [0.05, 0.1) is 0 Å². The van der Waals surface area contributed by atoms with Gasteiger partial charge in [-0.2, -0.15) is 11.5 Å². The Balaban J connectivity index is 2.00. The lowest BCUT2D eigenvalue weighted by molar-refractivity contribution is 0.220. The minimum Gasteiger partial charge on any atom is -0.196 e. The Bertz CT molecular complexity index is 115. The maximum Gasteiger partial charge on any atom is 0.251 e. The molecule has 2 aliphatic rings. The van der Waals surface area contributed by atoms with E-state index in [1.165, 1.54) is 31.9 Å². The van der Waals surface area contributed by atoms with Crippen LogP contribution in [0.25, 0.3) is 0 Å². The Morgan fingerprint density at radius 1 is 1.09 bits per heavy atom. The quantitative estimate of drug-likeness (QED) is 0.490. The Hall–Kier alpha value is 0.355. The average molecular weight is 170 g/mol. The molecule has 0 spiro atoms. The van der Waals surface area contributed by atoms with E-state index in [1.54, 1.807) is 0 Å². The highest BCUT2D eigenvalue weighted by atomic mass is 35.5. The molecule has 1 saturated carbocycles. The van der Waals surface area contributed by atoms with E-state index < -0.39 is 0 Å². The molecule has 62 valence electrons. The van der Waals surface area contributed by atoms with Crippen LogP contribution < -0.4 is 0 Å². The summed E-state index contributed by atoms with van der Waals surface area (Å²) in [7, 11) is 0. The Morgan fingerprint density at radius 3 is 2.18 bits per heavy atom. The fraction of sp³-hybridized carbons (Fsp3) is 1.00. The van der Waals surface area contributed by atoms with Gasteiger partial charge in [0.1, 0.15) is 0 Å². The second-order valence-electron chi connectivity index (χ2n) is 4.61. The van der Waals surface area contributed by atoms with Crippen LogP contribution in [0.2, 0.25) is 12.6 Å². The first kappa shape index (κ1) is 7.98. The van der Waals surface area contributed by atoms with E-state index in [0.717, 1.165) is 17.8 Å². The van der Waals surface area contributed by atoms with Gasteiger partial charge in [0, 0.05) is 0 Å². The minimum absolute atomic E-state index is 0.506. The summed E-state index contributed by atoms with van der Waals surface area (Å²) in [6.07, 6.45) is 7.46. The van der Waals surface area contributed by atoms with Crippen molar-refractivity contribution >= 4 is 17.6 Å². The Morgan fingerprint density at radius 2 is 1.64 bits per heavy atom. The molecule has 2 heteroatoms. The first-order chi connectivity index (χ1) is 5.24. The van der Waals surface area contributed by atoms with Crippen molar-refractivity contribution in [1.29, 1.82) is 0 Å². The Labute approximate surface area is 74.7 Å². The highest BCUT2D eigenvalue weighted by Gasteiger charge is 2.35. The van der Waals surface area contributed by atoms with Crippen LogP contribution in [0.4, 0.5) is 0 Å². The zero-order valence-electron chi connectivity index (χ0n) is 7.22. The van der Waals surface area contributed by atoms with Gasteiger partial charge in [-0.25, -0.2) is 0 Å². The van der Waals surface area contributed by atoms with Crippen molar-refractivity contribution in [2.24, 2.45) is 17.8 Å². The summed E-state index contributed by atoms with van der Waals surface area (Å²) in [4.78, 5) is 0. The fourth-order valence-electron chi connectivity index (χ4n) is 3.10. The van der Waals surface area contributed by atoms with Crippen LogP contribution in [0.15, 0.2) is 0 Å². The van der Waals surface area contributed by atoms with Crippen LogP contribution in [-0.4, -0.2) is 6.13 Å². The van der Waals surface area contributed by atoms with E-state index in [-0.39, 0.29) is 0 Å². The third kappa shape index (κ3) is 1.74. The predicted octanol–water partition coefficient (Wildman–Crippen LogP) is 3.28. The summed E-state index contributed by atoms with van der Waals surface area (Å²) in [5.41, 5.74) is 0. The van der Waals surface area contributed by atoms with Crippen molar-refractivity contribution in [2.75, 3.05) is 0 Å². The van der Waals surface area contributed by atoms with Gasteiger partial charge in [0.15, 0.2) is 0 Å². The van der Waals surface area contributed by atoms with E-state index >= 15 is 0 Å². The SMILES string of the molecule is CC1CC2CB(Cl)CC(C1)C2. The highest BCUT2D eigenvalue weighted by Crippen LogP contribution is 2.43. The van der Waals surface area contributed by atoms with Gasteiger partial charge in [-0.3, -0.25) is 0 Å². The summed E-state index contributed by atoms with van der Waals surface area (Å²) in [6.45, 7) is 2.40. The van der Waals surface area contributed by atoms with Crippen molar-refractivity contribution in [2.45, 2.75) is 38.8 Å². The topological polar surface area (TPSA) is 0 Å². The molecule has 1 saturated heterocycles. The molecule has 2 bridgehead atoms. The smallest absolute Gasteiger partial charge is 0.196 e. The molecule has 2 rings (SSSR count). The summed E-state index contributed by atoms with van der Waals surface area (Å²) in [6, 6.07) is 0.